The molecule has 0 unspecified atom stereocenters. The summed E-state index contributed by atoms with van der Waals surface area (Å²) in [6.07, 6.45) is 4.02. The molecule has 3 amide bonds. The van der Waals surface area contributed by atoms with Crippen LogP contribution in [0.2, 0.25) is 0 Å². The molecule has 3 atom stereocenters. The van der Waals surface area contributed by atoms with Gasteiger partial charge in [-0.15, -0.1) is 10.2 Å². The van der Waals surface area contributed by atoms with Gasteiger partial charge in [0.25, 0.3) is 5.91 Å². The second-order valence-corrected chi connectivity index (χ2v) is 14.8. The number of likely N-dealkylation sites (tertiary alicyclic amines) is 1. The zero-order chi connectivity index (χ0) is 33.5. The fourth-order valence-corrected chi connectivity index (χ4v) is 6.25. The molecule has 6 rings (SSSR count). The number of aromatic nitrogens is 5. The topological polar surface area (TPSA) is 139 Å². The molecule has 2 aliphatic rings. The Kier molecular flexibility index (Phi) is 8.64. The van der Waals surface area contributed by atoms with Crippen molar-refractivity contribution in [1.82, 2.24) is 40.1 Å². The lowest BCUT2D eigenvalue weighted by Gasteiger charge is -2.32. The van der Waals surface area contributed by atoms with Crippen molar-refractivity contribution in [3.05, 3.63) is 77.1 Å². The maximum absolute atomic E-state index is 13.4. The van der Waals surface area contributed by atoms with E-state index >= 15 is 0 Å². The third kappa shape index (κ3) is 7.22. The van der Waals surface area contributed by atoms with Crippen LogP contribution in [-0.2, 0) is 10.8 Å². The van der Waals surface area contributed by atoms with Crippen LogP contribution in [0.3, 0.4) is 0 Å². The van der Waals surface area contributed by atoms with E-state index in [-0.39, 0.29) is 46.6 Å². The molecule has 0 radical (unpaired) electrons. The summed E-state index contributed by atoms with van der Waals surface area (Å²) in [5.74, 6) is 1.57. The standard InChI is InChI=1S/C35H45N9O3/c1-34(2,3)27-18-28(39-30(38-27)31(45)36-21-16-17-43(7)19-21)40-33(46)37-25-13-14-26(24-11-9-8-10-23(24)25)47-22-12-15-29-41-42-32(35(4,5)6)44(29)20-22/h8-12,15,18,20-21,25-26H,13-14,16-17,19H2,1-7H3,(H,36,45)(H2,37,38,39,40,46)/t21-,25+,26-/m1/s1. The predicted octanol–water partition coefficient (Wildman–Crippen LogP) is 5.32. The lowest BCUT2D eigenvalue weighted by Crippen LogP contribution is -2.38. The first-order chi connectivity index (χ1) is 22.2. The largest absolute Gasteiger partial charge is 0.484 e. The minimum Gasteiger partial charge on any atom is -0.484 e. The van der Waals surface area contributed by atoms with Crippen molar-refractivity contribution >= 4 is 23.4 Å². The molecule has 0 spiro atoms. The van der Waals surface area contributed by atoms with Gasteiger partial charge in [-0.25, -0.2) is 14.8 Å². The Bertz CT molecular complexity index is 1790. The van der Waals surface area contributed by atoms with E-state index in [1.807, 2.05) is 68.7 Å². The molecule has 12 heteroatoms. The van der Waals surface area contributed by atoms with Crippen molar-refractivity contribution in [2.24, 2.45) is 0 Å². The van der Waals surface area contributed by atoms with Gasteiger partial charge in [0.15, 0.2) is 5.65 Å². The molecule has 1 aliphatic heterocycles. The van der Waals surface area contributed by atoms with Gasteiger partial charge in [0.1, 0.15) is 23.5 Å². The molecule has 12 nitrogen and oxygen atoms in total. The van der Waals surface area contributed by atoms with E-state index in [0.29, 0.717) is 18.5 Å². The van der Waals surface area contributed by atoms with Crippen LogP contribution >= 0.6 is 0 Å². The van der Waals surface area contributed by atoms with Crippen LogP contribution < -0.4 is 20.7 Å². The van der Waals surface area contributed by atoms with Crippen LogP contribution in [0.1, 0.15) is 106 Å². The molecule has 4 aromatic rings. The second kappa shape index (κ2) is 12.6. The Morgan fingerprint density at radius 1 is 0.894 bits per heavy atom. The van der Waals surface area contributed by atoms with Gasteiger partial charge in [0.2, 0.25) is 5.82 Å². The summed E-state index contributed by atoms with van der Waals surface area (Å²) < 4.78 is 8.53. The molecule has 1 saturated heterocycles. The molecule has 248 valence electrons. The normalized spacial score (nSPS) is 20.1. The average molecular weight is 640 g/mol. The number of ether oxygens (including phenoxy) is 1. The lowest BCUT2D eigenvalue weighted by atomic mass is 9.85. The number of amides is 3. The number of hydrogen-bond donors (Lipinski definition) is 3. The number of nitrogens with zero attached hydrogens (tertiary/aromatic N) is 6. The molecule has 0 saturated carbocycles. The maximum Gasteiger partial charge on any atom is 0.320 e. The zero-order valence-corrected chi connectivity index (χ0v) is 28.3. The molecular formula is C35H45N9O3. The lowest BCUT2D eigenvalue weighted by molar-refractivity contribution is 0.0927. The van der Waals surface area contributed by atoms with E-state index < -0.39 is 6.03 Å². The van der Waals surface area contributed by atoms with Gasteiger partial charge in [-0.3, -0.25) is 14.5 Å². The Morgan fingerprint density at radius 3 is 2.36 bits per heavy atom. The number of hydrogen-bond acceptors (Lipinski definition) is 8. The molecule has 1 aromatic carbocycles. The summed E-state index contributed by atoms with van der Waals surface area (Å²) in [7, 11) is 2.03. The van der Waals surface area contributed by atoms with Crippen molar-refractivity contribution in [3.8, 4) is 5.75 Å². The first kappa shape index (κ1) is 32.4. The quantitative estimate of drug-likeness (QED) is 0.258. The molecule has 1 aliphatic carbocycles. The summed E-state index contributed by atoms with van der Waals surface area (Å²) >= 11 is 0. The number of benzene rings is 1. The highest BCUT2D eigenvalue weighted by Gasteiger charge is 2.31. The van der Waals surface area contributed by atoms with Crippen LogP contribution in [-0.4, -0.2) is 67.6 Å². The molecule has 4 heterocycles. The maximum atomic E-state index is 13.4. The van der Waals surface area contributed by atoms with Crippen LogP contribution in [0.5, 0.6) is 5.75 Å². The fourth-order valence-electron chi connectivity index (χ4n) is 6.25. The minimum absolute atomic E-state index is 0.0417. The van der Waals surface area contributed by atoms with E-state index in [1.165, 1.54) is 0 Å². The van der Waals surface area contributed by atoms with Crippen molar-refractivity contribution in [2.75, 3.05) is 25.5 Å². The van der Waals surface area contributed by atoms with Crippen molar-refractivity contribution in [1.29, 1.82) is 0 Å². The van der Waals surface area contributed by atoms with E-state index in [9.17, 15) is 9.59 Å². The summed E-state index contributed by atoms with van der Waals surface area (Å²) in [5, 5.41) is 17.8. The molecule has 3 aromatic heterocycles. The predicted molar refractivity (Wildman–Crippen MR) is 180 cm³/mol. The van der Waals surface area contributed by atoms with Gasteiger partial charge in [0.05, 0.1) is 17.9 Å². The molecule has 3 N–H and O–H groups in total. The SMILES string of the molecule is CN1CC[C@@H](NC(=O)c2nc(NC(=O)N[C@H]3CC[C@@H](Oc4ccc5nnc(C(C)(C)C)n5c4)c4ccccc43)cc(C(C)(C)C)n2)C1. The van der Waals surface area contributed by atoms with Crippen molar-refractivity contribution in [2.45, 2.75) is 89.8 Å². The molecular weight excluding hydrogens is 594 g/mol. The van der Waals surface area contributed by atoms with Gasteiger partial charge < -0.3 is 20.3 Å². The number of fused-ring (bicyclic) bond motifs is 2. The number of urea groups is 1. The summed E-state index contributed by atoms with van der Waals surface area (Å²) in [4.78, 5) is 37.7. The van der Waals surface area contributed by atoms with Crippen LogP contribution in [0.4, 0.5) is 10.6 Å². The highest BCUT2D eigenvalue weighted by Crippen LogP contribution is 2.39. The first-order valence-corrected chi connectivity index (χ1v) is 16.3. The Hall–Kier alpha value is -4.58. The minimum atomic E-state index is -0.403. The molecule has 0 bridgehead atoms. The monoisotopic (exact) mass is 639 g/mol. The molecule has 1 fully saturated rings. The van der Waals surface area contributed by atoms with Crippen LogP contribution in [0.15, 0.2) is 48.7 Å². The molecule has 47 heavy (non-hydrogen) atoms. The number of pyridine rings is 1. The highest BCUT2D eigenvalue weighted by molar-refractivity contribution is 5.93. The summed E-state index contributed by atoms with van der Waals surface area (Å²) in [6, 6.07) is 13.0. The van der Waals surface area contributed by atoms with E-state index in [2.05, 4.69) is 67.9 Å². The third-order valence-corrected chi connectivity index (χ3v) is 8.73. The highest BCUT2D eigenvalue weighted by atomic mass is 16.5. The Morgan fingerprint density at radius 2 is 1.66 bits per heavy atom. The van der Waals surface area contributed by atoms with E-state index in [0.717, 1.165) is 47.9 Å². The van der Waals surface area contributed by atoms with Gasteiger partial charge in [-0.1, -0.05) is 65.8 Å². The number of nitrogens with one attached hydrogen (secondary N) is 3. The third-order valence-electron chi connectivity index (χ3n) is 8.73. The van der Waals surface area contributed by atoms with E-state index in [1.54, 1.807) is 6.07 Å². The van der Waals surface area contributed by atoms with Crippen molar-refractivity contribution in [3.63, 3.8) is 0 Å². The number of likely N-dealkylation sites (N-methyl/N-ethyl adjacent to an activating group) is 1. The average Bonchev–Trinajstić information content (AvgIpc) is 3.63. The second-order valence-electron chi connectivity index (χ2n) is 14.8. The van der Waals surface area contributed by atoms with Gasteiger partial charge >= 0.3 is 6.03 Å². The number of anilines is 1. The van der Waals surface area contributed by atoms with Crippen molar-refractivity contribution < 1.29 is 14.3 Å². The fraction of sp³-hybridized carbons (Fsp3) is 0.486. The van der Waals surface area contributed by atoms with Crippen LogP contribution in [0, 0.1) is 0 Å². The van der Waals surface area contributed by atoms with Gasteiger partial charge in [0, 0.05) is 29.5 Å². The zero-order valence-electron chi connectivity index (χ0n) is 28.3. The first-order valence-electron chi connectivity index (χ1n) is 16.3. The van der Waals surface area contributed by atoms with Gasteiger partial charge in [-0.05, 0) is 56.1 Å². The summed E-state index contributed by atoms with van der Waals surface area (Å²) in [5.41, 5.74) is 2.93. The van der Waals surface area contributed by atoms with E-state index in [4.69, 9.17) is 4.74 Å². The van der Waals surface area contributed by atoms with Gasteiger partial charge in [-0.2, -0.15) is 0 Å². The number of carbonyl (C=O) groups excluding carboxylic acids is 2. The smallest absolute Gasteiger partial charge is 0.320 e. The number of carbonyl (C=O) groups is 2. The summed E-state index contributed by atoms with van der Waals surface area (Å²) in [6.45, 7) is 14.1. The van der Waals surface area contributed by atoms with Crippen LogP contribution in [0.25, 0.3) is 5.65 Å². The number of rotatable bonds is 6. The Labute approximate surface area is 275 Å². The Balaban J connectivity index is 1.17.